The average Bonchev–Trinajstić information content (AvgIpc) is 2.96. The molecule has 0 radical (unpaired) electrons. The Bertz CT molecular complexity index is 705. The molecule has 114 valence electrons. The Morgan fingerprint density at radius 3 is 2.45 bits per heavy atom. The number of aryl methyl sites for hydroxylation is 1. The van der Waals surface area contributed by atoms with Gasteiger partial charge >= 0.3 is 6.18 Å². The number of rotatable bonds is 2. The van der Waals surface area contributed by atoms with E-state index >= 15 is 0 Å². The lowest BCUT2D eigenvalue weighted by molar-refractivity contribution is -0.137. The predicted octanol–water partition coefficient (Wildman–Crippen LogP) is 5.25. The summed E-state index contributed by atoms with van der Waals surface area (Å²) in [6.45, 7) is 2.03. The molecule has 0 bridgehead atoms. The number of alkyl halides is 3. The van der Waals surface area contributed by atoms with E-state index in [1.807, 2.05) is 25.1 Å². The minimum absolute atomic E-state index is 0.0252. The van der Waals surface area contributed by atoms with Gasteiger partial charge in [-0.05, 0) is 30.2 Å². The van der Waals surface area contributed by atoms with Crippen LogP contribution in [0.25, 0.3) is 0 Å². The molecule has 0 amide bonds. The Balaban J connectivity index is 1.83. The second-order valence-electron chi connectivity index (χ2n) is 5.23. The Kier molecular flexibility index (Phi) is 4.00. The van der Waals surface area contributed by atoms with Crippen LogP contribution in [0.1, 0.15) is 27.6 Å². The Labute approximate surface area is 131 Å². The van der Waals surface area contributed by atoms with E-state index < -0.39 is 11.7 Å². The number of hydrogen-bond donors (Lipinski definition) is 0. The molecule has 0 aliphatic carbocycles. The summed E-state index contributed by atoms with van der Waals surface area (Å²) in [5.74, 6) is 0.712. The molecule has 0 aromatic heterocycles. The van der Waals surface area contributed by atoms with E-state index in [1.165, 1.54) is 17.7 Å². The molecule has 1 nitrogen and oxygen atoms in total. The van der Waals surface area contributed by atoms with Gasteiger partial charge in [-0.2, -0.15) is 13.2 Å². The van der Waals surface area contributed by atoms with Crippen LogP contribution in [0.15, 0.2) is 53.5 Å². The molecule has 2 aromatic rings. The van der Waals surface area contributed by atoms with E-state index in [-0.39, 0.29) is 5.37 Å². The van der Waals surface area contributed by atoms with Gasteiger partial charge in [-0.1, -0.05) is 42.0 Å². The van der Waals surface area contributed by atoms with E-state index in [0.29, 0.717) is 5.75 Å². The summed E-state index contributed by atoms with van der Waals surface area (Å²) in [6, 6.07) is 13.4. The SMILES string of the molecule is Cc1cccc(C2N=C(c3ccc(C(F)(F)F)cc3)CS2)c1. The van der Waals surface area contributed by atoms with Crippen LogP contribution in [0.4, 0.5) is 13.2 Å². The van der Waals surface area contributed by atoms with Crippen molar-refractivity contribution in [3.05, 3.63) is 70.8 Å². The molecule has 0 N–H and O–H groups in total. The topological polar surface area (TPSA) is 12.4 Å². The molecule has 0 saturated carbocycles. The summed E-state index contributed by atoms with van der Waals surface area (Å²) < 4.78 is 37.8. The van der Waals surface area contributed by atoms with Crippen LogP contribution in [-0.2, 0) is 6.18 Å². The largest absolute Gasteiger partial charge is 0.416 e. The van der Waals surface area contributed by atoms with Crippen molar-refractivity contribution in [1.82, 2.24) is 0 Å². The molecule has 22 heavy (non-hydrogen) atoms. The fourth-order valence-corrected chi connectivity index (χ4v) is 3.48. The zero-order valence-corrected chi connectivity index (χ0v) is 12.7. The van der Waals surface area contributed by atoms with Crippen LogP contribution in [0.5, 0.6) is 0 Å². The summed E-state index contributed by atoms with van der Waals surface area (Å²) in [6.07, 6.45) is -4.30. The first-order valence-electron chi connectivity index (χ1n) is 6.86. The smallest absolute Gasteiger partial charge is 0.269 e. The third kappa shape index (κ3) is 3.19. The minimum Gasteiger partial charge on any atom is -0.269 e. The van der Waals surface area contributed by atoms with E-state index in [9.17, 15) is 13.2 Å². The van der Waals surface area contributed by atoms with Gasteiger partial charge in [-0.3, -0.25) is 4.99 Å². The molecule has 0 saturated heterocycles. The first-order valence-corrected chi connectivity index (χ1v) is 7.91. The van der Waals surface area contributed by atoms with E-state index in [1.54, 1.807) is 11.8 Å². The second kappa shape index (κ2) is 5.80. The van der Waals surface area contributed by atoms with E-state index in [0.717, 1.165) is 29.0 Å². The summed E-state index contributed by atoms with van der Waals surface area (Å²) in [7, 11) is 0. The zero-order valence-electron chi connectivity index (χ0n) is 11.9. The number of thioether (sulfide) groups is 1. The van der Waals surface area contributed by atoms with Crippen LogP contribution in [0.2, 0.25) is 0 Å². The number of aliphatic imine (C=N–C) groups is 1. The second-order valence-corrected chi connectivity index (χ2v) is 6.30. The first kappa shape index (κ1) is 15.2. The normalized spacial score (nSPS) is 18.4. The minimum atomic E-state index is -4.30. The molecular weight excluding hydrogens is 307 g/mol. The fourth-order valence-electron chi connectivity index (χ4n) is 2.38. The van der Waals surface area contributed by atoms with E-state index in [4.69, 9.17) is 0 Å². The maximum atomic E-state index is 12.6. The van der Waals surface area contributed by atoms with Gasteiger partial charge < -0.3 is 0 Å². The van der Waals surface area contributed by atoms with Crippen LogP contribution >= 0.6 is 11.8 Å². The molecule has 1 atom stereocenters. The molecule has 1 aliphatic rings. The van der Waals surface area contributed by atoms with Gasteiger partial charge in [0.05, 0.1) is 11.3 Å². The highest BCUT2D eigenvalue weighted by Crippen LogP contribution is 2.37. The number of halogens is 3. The van der Waals surface area contributed by atoms with Gasteiger partial charge in [0.25, 0.3) is 0 Å². The highest BCUT2D eigenvalue weighted by Gasteiger charge is 2.30. The monoisotopic (exact) mass is 321 g/mol. The first-order chi connectivity index (χ1) is 10.4. The molecular formula is C17H14F3NS. The number of benzene rings is 2. The van der Waals surface area contributed by atoms with Crippen LogP contribution in [0, 0.1) is 6.92 Å². The lowest BCUT2D eigenvalue weighted by Gasteiger charge is -2.07. The summed E-state index contributed by atoms with van der Waals surface area (Å²) >= 11 is 1.69. The Morgan fingerprint density at radius 2 is 1.82 bits per heavy atom. The van der Waals surface area contributed by atoms with Gasteiger partial charge in [-0.15, -0.1) is 11.8 Å². The van der Waals surface area contributed by atoms with Crippen molar-refractivity contribution < 1.29 is 13.2 Å². The van der Waals surface area contributed by atoms with Gasteiger partial charge in [0.15, 0.2) is 0 Å². The fraction of sp³-hybridized carbons (Fsp3) is 0.235. The van der Waals surface area contributed by atoms with Crippen molar-refractivity contribution in [2.24, 2.45) is 4.99 Å². The lowest BCUT2D eigenvalue weighted by atomic mass is 10.1. The molecule has 1 heterocycles. The van der Waals surface area contributed by atoms with Crippen molar-refractivity contribution in [1.29, 1.82) is 0 Å². The predicted molar refractivity (Wildman–Crippen MR) is 84.4 cm³/mol. The summed E-state index contributed by atoms with van der Waals surface area (Å²) in [5.41, 5.74) is 3.29. The van der Waals surface area contributed by atoms with Gasteiger partial charge in [0.1, 0.15) is 5.37 Å². The number of nitrogens with zero attached hydrogens (tertiary/aromatic N) is 1. The molecule has 1 unspecified atom stereocenters. The third-order valence-corrected chi connectivity index (χ3v) is 4.66. The van der Waals surface area contributed by atoms with Crippen molar-refractivity contribution in [3.8, 4) is 0 Å². The summed E-state index contributed by atoms with van der Waals surface area (Å²) in [5, 5.41) is 0.0252. The quantitative estimate of drug-likeness (QED) is 0.736. The van der Waals surface area contributed by atoms with Crippen molar-refractivity contribution >= 4 is 17.5 Å². The average molecular weight is 321 g/mol. The van der Waals surface area contributed by atoms with Gasteiger partial charge in [0.2, 0.25) is 0 Å². The Morgan fingerprint density at radius 1 is 1.09 bits per heavy atom. The molecule has 1 aliphatic heterocycles. The zero-order chi connectivity index (χ0) is 15.7. The number of hydrogen-bond acceptors (Lipinski definition) is 2. The highest BCUT2D eigenvalue weighted by molar-refractivity contribution is 8.00. The van der Waals surface area contributed by atoms with Crippen LogP contribution < -0.4 is 0 Å². The van der Waals surface area contributed by atoms with E-state index in [2.05, 4.69) is 11.1 Å². The molecule has 5 heteroatoms. The maximum Gasteiger partial charge on any atom is 0.416 e. The highest BCUT2D eigenvalue weighted by atomic mass is 32.2. The van der Waals surface area contributed by atoms with Crippen molar-refractivity contribution in [2.45, 2.75) is 18.5 Å². The molecule has 0 spiro atoms. The van der Waals surface area contributed by atoms with Crippen LogP contribution in [0.3, 0.4) is 0 Å². The maximum absolute atomic E-state index is 12.6. The van der Waals surface area contributed by atoms with Gasteiger partial charge in [0, 0.05) is 5.75 Å². The molecule has 3 rings (SSSR count). The standard InChI is InChI=1S/C17H14F3NS/c1-11-3-2-4-13(9-11)16-21-15(10-22-16)12-5-7-14(8-6-12)17(18,19)20/h2-9,16H,10H2,1H3. The lowest BCUT2D eigenvalue weighted by Crippen LogP contribution is -2.06. The van der Waals surface area contributed by atoms with Crippen molar-refractivity contribution in [3.63, 3.8) is 0 Å². The van der Waals surface area contributed by atoms with Crippen LogP contribution in [-0.4, -0.2) is 11.5 Å². The molecule has 2 aromatic carbocycles. The van der Waals surface area contributed by atoms with Crippen molar-refractivity contribution in [2.75, 3.05) is 5.75 Å². The summed E-state index contributed by atoms with van der Waals surface area (Å²) in [4.78, 5) is 4.66. The molecule has 0 fully saturated rings. The third-order valence-electron chi connectivity index (χ3n) is 3.52. The Hall–Kier alpha value is -1.75. The van der Waals surface area contributed by atoms with Gasteiger partial charge in [-0.25, -0.2) is 0 Å².